The van der Waals surface area contributed by atoms with Crippen LogP contribution < -0.4 is 0 Å². The third-order valence-corrected chi connectivity index (χ3v) is 8.92. The zero-order valence-corrected chi connectivity index (χ0v) is 23.5. The van der Waals surface area contributed by atoms with Crippen LogP contribution in [0.3, 0.4) is 0 Å². The number of benzene rings is 1. The van der Waals surface area contributed by atoms with Crippen LogP contribution in [-0.2, 0) is 18.0 Å². The van der Waals surface area contributed by atoms with Crippen LogP contribution in [-0.4, -0.2) is 56.7 Å². The summed E-state index contributed by atoms with van der Waals surface area (Å²) in [6.45, 7) is 12.8. The molecule has 0 radical (unpaired) electrons. The Morgan fingerprint density at radius 3 is 2.61 bits per heavy atom. The van der Waals surface area contributed by atoms with Crippen LogP contribution in [0, 0.1) is 12.7 Å². The van der Waals surface area contributed by atoms with Gasteiger partial charge in [0.15, 0.2) is 0 Å². The van der Waals surface area contributed by atoms with E-state index < -0.39 is 20.2 Å². The summed E-state index contributed by atoms with van der Waals surface area (Å²) in [5, 5.41) is 15.7. The van der Waals surface area contributed by atoms with Crippen LogP contribution in [0.25, 0.3) is 33.4 Å². The second kappa shape index (κ2) is 9.99. The third kappa shape index (κ3) is 4.85. The monoisotopic (exact) mass is 535 g/mol. The van der Waals surface area contributed by atoms with E-state index in [2.05, 4.69) is 25.8 Å². The van der Waals surface area contributed by atoms with E-state index in [0.29, 0.717) is 32.1 Å². The van der Waals surface area contributed by atoms with Gasteiger partial charge in [0.2, 0.25) is 0 Å². The molecule has 1 unspecified atom stereocenters. The summed E-state index contributed by atoms with van der Waals surface area (Å²) in [6.07, 6.45) is 2.87. The summed E-state index contributed by atoms with van der Waals surface area (Å²) < 4.78 is 23.8. The van der Waals surface area contributed by atoms with E-state index in [1.54, 1.807) is 18.3 Å². The molecule has 3 aromatic heterocycles. The molecule has 1 N–H and O–H groups in total. The summed E-state index contributed by atoms with van der Waals surface area (Å²) in [7, 11) is -1.19. The van der Waals surface area contributed by atoms with Gasteiger partial charge in [-0.3, -0.25) is 9.58 Å². The molecule has 1 amide bonds. The largest absolute Gasteiger partial charge is 0.465 e. The molecule has 200 valence electrons. The molecule has 0 aliphatic carbocycles. The van der Waals surface area contributed by atoms with Crippen LogP contribution in [0.15, 0.2) is 42.7 Å². The van der Waals surface area contributed by atoms with Crippen LogP contribution in [0.4, 0.5) is 9.18 Å². The molecule has 38 heavy (non-hydrogen) atoms. The predicted molar refractivity (Wildman–Crippen MR) is 148 cm³/mol. The first-order chi connectivity index (χ1) is 18.0. The Balaban J connectivity index is 1.65. The summed E-state index contributed by atoms with van der Waals surface area (Å²) in [5.74, 6) is -0.321. The molecule has 0 spiro atoms. The highest BCUT2D eigenvalue weighted by molar-refractivity contribution is 6.76. The van der Waals surface area contributed by atoms with Crippen molar-refractivity contribution < 1.29 is 19.0 Å². The number of aryl methyl sites for hydroxylation is 1. The average Bonchev–Trinajstić information content (AvgIpc) is 3.40. The lowest BCUT2D eigenvalue weighted by Gasteiger charge is -2.32. The minimum absolute atomic E-state index is 0.321. The van der Waals surface area contributed by atoms with Gasteiger partial charge in [-0.25, -0.2) is 14.2 Å². The number of fused-ring (bicyclic) bond motifs is 2. The van der Waals surface area contributed by atoms with E-state index in [-0.39, 0.29) is 5.82 Å². The number of aromatic nitrogens is 4. The molecule has 0 bridgehead atoms. The fraction of sp³-hybridized carbons (Fsp3) is 0.393. The quantitative estimate of drug-likeness (QED) is 0.219. The normalized spacial score (nSPS) is 15.7. The van der Waals surface area contributed by atoms with Gasteiger partial charge in [-0.1, -0.05) is 19.6 Å². The second-order valence-corrected chi connectivity index (χ2v) is 16.8. The van der Waals surface area contributed by atoms with Gasteiger partial charge >= 0.3 is 6.09 Å². The van der Waals surface area contributed by atoms with Crippen molar-refractivity contribution in [3.05, 3.63) is 59.8 Å². The zero-order chi connectivity index (χ0) is 27.2. The molecule has 1 aliphatic rings. The van der Waals surface area contributed by atoms with Gasteiger partial charge in [0.05, 0.1) is 18.3 Å². The van der Waals surface area contributed by atoms with E-state index in [1.807, 2.05) is 29.2 Å². The molecule has 4 heterocycles. The Bertz CT molecular complexity index is 1490. The number of nitrogens with zero attached hydrogens (tertiary/aromatic N) is 5. The molecule has 5 rings (SSSR count). The third-order valence-electron chi connectivity index (χ3n) is 7.21. The molecule has 1 aliphatic heterocycles. The molecule has 0 saturated heterocycles. The minimum Gasteiger partial charge on any atom is -0.465 e. The fourth-order valence-corrected chi connectivity index (χ4v) is 5.97. The van der Waals surface area contributed by atoms with Gasteiger partial charge in [0, 0.05) is 50.1 Å². The van der Waals surface area contributed by atoms with Crippen molar-refractivity contribution in [3.63, 3.8) is 0 Å². The van der Waals surface area contributed by atoms with Gasteiger partial charge in [-0.15, -0.1) is 0 Å². The maximum Gasteiger partial charge on any atom is 0.407 e. The molecular weight excluding hydrogens is 501 g/mol. The maximum absolute atomic E-state index is 13.8. The van der Waals surface area contributed by atoms with Gasteiger partial charge in [0.1, 0.15) is 23.9 Å². The maximum atomic E-state index is 13.8. The number of halogens is 1. The van der Waals surface area contributed by atoms with Crippen molar-refractivity contribution in [1.82, 2.24) is 24.2 Å². The highest BCUT2D eigenvalue weighted by Gasteiger charge is 2.34. The second-order valence-electron chi connectivity index (χ2n) is 11.2. The summed E-state index contributed by atoms with van der Waals surface area (Å²) in [4.78, 5) is 18.2. The number of hydrogen-bond donors (Lipinski definition) is 1. The van der Waals surface area contributed by atoms with Crippen molar-refractivity contribution in [3.8, 4) is 22.4 Å². The minimum atomic E-state index is -1.19. The average molecular weight is 536 g/mol. The van der Waals surface area contributed by atoms with E-state index >= 15 is 0 Å². The van der Waals surface area contributed by atoms with Crippen molar-refractivity contribution in [1.29, 1.82) is 0 Å². The topological polar surface area (TPSA) is 85.4 Å². The molecule has 1 atom stereocenters. The first-order valence-electron chi connectivity index (χ1n) is 12.9. The lowest BCUT2D eigenvalue weighted by molar-refractivity contribution is 0.0898. The lowest BCUT2D eigenvalue weighted by atomic mass is 9.93. The first-order valence-corrected chi connectivity index (χ1v) is 16.6. The molecule has 0 saturated carbocycles. The number of ether oxygens (including phenoxy) is 1. The van der Waals surface area contributed by atoms with E-state index in [9.17, 15) is 14.3 Å². The predicted octanol–water partition coefficient (Wildman–Crippen LogP) is 6.38. The number of pyridine rings is 1. The van der Waals surface area contributed by atoms with Gasteiger partial charge in [-0.2, -0.15) is 5.10 Å². The Morgan fingerprint density at radius 1 is 1.18 bits per heavy atom. The van der Waals surface area contributed by atoms with Crippen LogP contribution >= 0.6 is 0 Å². The number of hydrogen-bond acceptors (Lipinski definition) is 4. The molecule has 0 fully saturated rings. The van der Waals surface area contributed by atoms with Crippen molar-refractivity contribution >= 4 is 25.2 Å². The molecule has 1 aromatic carbocycles. The van der Waals surface area contributed by atoms with Crippen LogP contribution in [0.2, 0.25) is 25.7 Å². The SMILES string of the molecule is Cc1cn(COCC[Si](C)(C)C)c2nccc(-c3c(-c4ccc(F)cc4)nn4c3C(C)N(C(=O)O)CC4)c12. The molecule has 8 nitrogen and oxygen atoms in total. The fourth-order valence-electron chi connectivity index (χ4n) is 5.22. The lowest BCUT2D eigenvalue weighted by Crippen LogP contribution is -2.40. The molecule has 10 heteroatoms. The van der Waals surface area contributed by atoms with Gasteiger partial charge < -0.3 is 14.4 Å². The summed E-state index contributed by atoms with van der Waals surface area (Å²) in [6, 6.07) is 8.92. The Hall–Kier alpha value is -3.50. The van der Waals surface area contributed by atoms with Crippen LogP contribution in [0.1, 0.15) is 24.2 Å². The number of amides is 1. The van der Waals surface area contributed by atoms with Crippen LogP contribution in [0.5, 0.6) is 0 Å². The van der Waals surface area contributed by atoms with Gasteiger partial charge in [0.25, 0.3) is 0 Å². The standard InChI is InChI=1S/C28H34FN5O3Si/c1-18-16-32(17-37-14-15-38(3,4)5)27-23(18)22(10-11-30-27)24-25(20-6-8-21(29)9-7-20)31-34-13-12-33(28(35)36)19(2)26(24)34/h6-11,16,19H,12-15,17H2,1-5H3,(H,35,36). The molecular formula is C28H34FN5O3Si. The van der Waals surface area contributed by atoms with Crippen molar-refractivity contribution in [2.45, 2.75) is 58.9 Å². The van der Waals surface area contributed by atoms with Crippen molar-refractivity contribution in [2.24, 2.45) is 0 Å². The Labute approximate surface area is 222 Å². The number of carboxylic acid groups (broad SMARTS) is 1. The van der Waals surface area contributed by atoms with E-state index in [1.165, 1.54) is 17.0 Å². The highest BCUT2D eigenvalue weighted by atomic mass is 28.3. The number of carbonyl (C=O) groups is 1. The first kappa shape index (κ1) is 26.1. The Kier molecular flexibility index (Phi) is 6.87. The zero-order valence-electron chi connectivity index (χ0n) is 22.5. The smallest absolute Gasteiger partial charge is 0.407 e. The Morgan fingerprint density at radius 2 is 1.92 bits per heavy atom. The van der Waals surface area contributed by atoms with Gasteiger partial charge in [-0.05, 0) is 61.4 Å². The van der Waals surface area contributed by atoms with Crippen molar-refractivity contribution in [2.75, 3.05) is 13.2 Å². The number of rotatable bonds is 7. The van der Waals surface area contributed by atoms with E-state index in [0.717, 1.165) is 45.0 Å². The molecule has 4 aromatic rings. The van der Waals surface area contributed by atoms with E-state index in [4.69, 9.17) is 14.8 Å². The highest BCUT2D eigenvalue weighted by Crippen LogP contribution is 2.43. The summed E-state index contributed by atoms with van der Waals surface area (Å²) >= 11 is 0. The summed E-state index contributed by atoms with van der Waals surface area (Å²) in [5.41, 5.74) is 5.91.